The van der Waals surface area contributed by atoms with Crippen LogP contribution in [-0.2, 0) is 15.8 Å². The number of aryl methyl sites for hydroxylation is 1. The Hall–Kier alpha value is -2.93. The van der Waals surface area contributed by atoms with E-state index in [2.05, 4.69) is 27.6 Å². The van der Waals surface area contributed by atoms with Gasteiger partial charge in [-0.25, -0.2) is 0 Å². The molecule has 0 aliphatic rings. The van der Waals surface area contributed by atoms with Gasteiger partial charge in [0, 0.05) is 11.6 Å². The van der Waals surface area contributed by atoms with Crippen LogP contribution in [0.15, 0.2) is 34.9 Å². The number of aromatic nitrogens is 1. The third-order valence-electron chi connectivity index (χ3n) is 3.16. The Kier molecular flexibility index (Phi) is 7.52. The molecule has 28 heavy (non-hydrogen) atoms. The second-order valence-corrected chi connectivity index (χ2v) is 6.51. The Morgan fingerprint density at radius 3 is 2.64 bits per heavy atom. The van der Waals surface area contributed by atoms with E-state index in [1.807, 2.05) is 0 Å². The van der Waals surface area contributed by atoms with E-state index in [0.29, 0.717) is 11.6 Å². The maximum atomic E-state index is 12.6. The molecule has 0 aliphatic heterocycles. The number of benzene rings is 1. The van der Waals surface area contributed by atoms with Gasteiger partial charge in [-0.3, -0.25) is 9.59 Å². The molecule has 148 valence electrons. The highest BCUT2D eigenvalue weighted by Gasteiger charge is 2.30. The van der Waals surface area contributed by atoms with E-state index in [0.717, 1.165) is 23.9 Å². The van der Waals surface area contributed by atoms with E-state index in [9.17, 15) is 22.8 Å². The normalized spacial score (nSPS) is 10.7. The quantitative estimate of drug-likeness (QED) is 0.715. The summed E-state index contributed by atoms with van der Waals surface area (Å²) in [6, 6.07) is 6.20. The van der Waals surface area contributed by atoms with Crippen molar-refractivity contribution in [2.45, 2.75) is 13.1 Å². The number of nitrogens with one attached hydrogen (secondary N) is 2. The van der Waals surface area contributed by atoms with Crippen LogP contribution in [0, 0.1) is 18.8 Å². The molecule has 2 N–H and O–H groups in total. The molecule has 0 bridgehead atoms. The zero-order valence-corrected chi connectivity index (χ0v) is 15.5. The molecule has 1 aromatic heterocycles. The van der Waals surface area contributed by atoms with Crippen LogP contribution in [0.3, 0.4) is 0 Å². The number of anilines is 1. The highest BCUT2D eigenvalue weighted by Crippen LogP contribution is 2.29. The molecule has 0 fully saturated rings. The average molecular weight is 411 g/mol. The number of halogens is 3. The molecule has 1 aromatic carbocycles. The summed E-state index contributed by atoms with van der Waals surface area (Å²) >= 11 is 1.10. The molecule has 1 heterocycles. The summed E-state index contributed by atoms with van der Waals surface area (Å²) in [4.78, 5) is 23.3. The maximum absolute atomic E-state index is 12.6. The molecule has 2 amide bonds. The molecule has 0 spiro atoms. The highest BCUT2D eigenvalue weighted by atomic mass is 32.2. The number of hydrogen-bond donors (Lipinski definition) is 2. The first-order chi connectivity index (χ1) is 13.2. The van der Waals surface area contributed by atoms with Crippen LogP contribution in [0.25, 0.3) is 0 Å². The number of rotatable bonds is 6. The summed E-state index contributed by atoms with van der Waals surface area (Å²) in [6.45, 7) is 1.68. The van der Waals surface area contributed by atoms with E-state index in [-0.39, 0.29) is 35.4 Å². The lowest BCUT2D eigenvalue weighted by Gasteiger charge is -2.05. The number of thioether (sulfide) groups is 1. The van der Waals surface area contributed by atoms with Crippen molar-refractivity contribution in [1.82, 2.24) is 10.5 Å². The molecule has 0 radical (unpaired) electrons. The van der Waals surface area contributed by atoms with Crippen molar-refractivity contribution in [1.29, 1.82) is 0 Å². The van der Waals surface area contributed by atoms with Crippen LogP contribution in [0.4, 0.5) is 19.0 Å². The number of alkyl halides is 3. The van der Waals surface area contributed by atoms with Gasteiger partial charge in [-0.15, -0.1) is 11.8 Å². The zero-order chi connectivity index (χ0) is 20.6. The first kappa shape index (κ1) is 21.4. The minimum atomic E-state index is -4.43. The minimum absolute atomic E-state index is 0.0138. The molecule has 0 saturated carbocycles. The van der Waals surface area contributed by atoms with Crippen molar-refractivity contribution in [2.24, 2.45) is 0 Å². The smallest absolute Gasteiger partial charge is 0.360 e. The fourth-order valence-corrected chi connectivity index (χ4v) is 2.60. The van der Waals surface area contributed by atoms with Crippen LogP contribution < -0.4 is 10.6 Å². The number of carbonyl (C=O) groups excluding carboxylic acids is 2. The fraction of sp³-hybridized carbons (Fsp3) is 0.278. The Balaban J connectivity index is 1.68. The van der Waals surface area contributed by atoms with Crippen molar-refractivity contribution >= 4 is 29.4 Å². The predicted octanol–water partition coefficient (Wildman–Crippen LogP) is 2.84. The summed E-state index contributed by atoms with van der Waals surface area (Å²) in [5.74, 6) is 5.45. The molecule has 2 rings (SSSR count). The summed E-state index contributed by atoms with van der Waals surface area (Å²) in [6.07, 6.45) is -4.43. The standard InChI is InChI=1S/C18H16F3N3O3S/c1-12-8-15(24-27-12)23-17(26)11-28-10-16(25)22-7-3-5-13-4-2-6-14(9-13)18(19,20)21/h2,4,6,8-9H,7,10-11H2,1H3,(H,22,25)(H,23,24,26). The van der Waals surface area contributed by atoms with Gasteiger partial charge in [-0.2, -0.15) is 13.2 Å². The molecule has 0 unspecified atom stereocenters. The lowest BCUT2D eigenvalue weighted by molar-refractivity contribution is -0.137. The van der Waals surface area contributed by atoms with Crippen LogP contribution in [-0.4, -0.2) is 35.0 Å². The molecule has 0 atom stereocenters. The van der Waals surface area contributed by atoms with E-state index in [1.165, 1.54) is 12.1 Å². The zero-order valence-electron chi connectivity index (χ0n) is 14.7. The van der Waals surface area contributed by atoms with Gasteiger partial charge in [0.2, 0.25) is 11.8 Å². The third-order valence-corrected chi connectivity index (χ3v) is 4.09. The van der Waals surface area contributed by atoms with E-state index >= 15 is 0 Å². The lowest BCUT2D eigenvalue weighted by atomic mass is 10.1. The number of amides is 2. The van der Waals surface area contributed by atoms with E-state index < -0.39 is 11.7 Å². The summed E-state index contributed by atoms with van der Waals surface area (Å²) < 4.78 is 42.7. The van der Waals surface area contributed by atoms with Crippen LogP contribution in [0.2, 0.25) is 0 Å². The SMILES string of the molecule is Cc1cc(NC(=O)CSCC(=O)NCC#Cc2cccc(C(F)(F)F)c2)no1. The number of carbonyl (C=O) groups is 2. The number of nitrogens with zero attached hydrogens (tertiary/aromatic N) is 1. The fourth-order valence-electron chi connectivity index (χ4n) is 1.95. The van der Waals surface area contributed by atoms with Crippen molar-refractivity contribution in [3.05, 3.63) is 47.2 Å². The lowest BCUT2D eigenvalue weighted by Crippen LogP contribution is -2.26. The Labute approximate surface area is 163 Å². The summed E-state index contributed by atoms with van der Waals surface area (Å²) in [7, 11) is 0. The molecular weight excluding hydrogens is 395 g/mol. The Bertz CT molecular complexity index is 900. The molecule has 6 nitrogen and oxygen atoms in total. The van der Waals surface area contributed by atoms with Gasteiger partial charge in [0.05, 0.1) is 23.6 Å². The predicted molar refractivity (Wildman–Crippen MR) is 98.5 cm³/mol. The first-order valence-electron chi connectivity index (χ1n) is 7.98. The van der Waals surface area contributed by atoms with Gasteiger partial charge >= 0.3 is 6.18 Å². The van der Waals surface area contributed by atoms with Crippen molar-refractivity contribution in [3.8, 4) is 11.8 Å². The third kappa shape index (κ3) is 7.36. The molecule has 0 saturated heterocycles. The first-order valence-corrected chi connectivity index (χ1v) is 9.13. The van der Waals surface area contributed by atoms with Gasteiger partial charge in [-0.05, 0) is 25.1 Å². The van der Waals surface area contributed by atoms with Crippen molar-refractivity contribution in [3.63, 3.8) is 0 Å². The molecular formula is C18H16F3N3O3S. The largest absolute Gasteiger partial charge is 0.416 e. The van der Waals surface area contributed by atoms with Crippen LogP contribution in [0.5, 0.6) is 0 Å². The molecule has 10 heteroatoms. The van der Waals surface area contributed by atoms with Gasteiger partial charge in [0.15, 0.2) is 5.82 Å². The molecule has 0 aliphatic carbocycles. The van der Waals surface area contributed by atoms with Crippen LogP contribution >= 0.6 is 11.8 Å². The van der Waals surface area contributed by atoms with E-state index in [4.69, 9.17) is 4.52 Å². The van der Waals surface area contributed by atoms with Gasteiger partial charge in [0.1, 0.15) is 5.76 Å². The topological polar surface area (TPSA) is 84.2 Å². The maximum Gasteiger partial charge on any atom is 0.416 e. The van der Waals surface area contributed by atoms with Crippen LogP contribution in [0.1, 0.15) is 16.9 Å². The second kappa shape index (κ2) is 9.85. The van der Waals surface area contributed by atoms with E-state index in [1.54, 1.807) is 13.0 Å². The Morgan fingerprint density at radius 2 is 1.96 bits per heavy atom. The number of hydrogen-bond acceptors (Lipinski definition) is 5. The average Bonchev–Trinajstić information content (AvgIpc) is 3.03. The van der Waals surface area contributed by atoms with Gasteiger partial charge < -0.3 is 15.2 Å². The minimum Gasteiger partial charge on any atom is -0.360 e. The van der Waals surface area contributed by atoms with Gasteiger partial charge in [-0.1, -0.05) is 23.1 Å². The van der Waals surface area contributed by atoms with Crippen molar-refractivity contribution < 1.29 is 27.3 Å². The Morgan fingerprint density at radius 1 is 1.21 bits per heavy atom. The molecule has 2 aromatic rings. The monoisotopic (exact) mass is 411 g/mol. The van der Waals surface area contributed by atoms with Crippen molar-refractivity contribution in [2.75, 3.05) is 23.4 Å². The second-order valence-electron chi connectivity index (χ2n) is 5.52. The summed E-state index contributed by atoms with van der Waals surface area (Å²) in [5, 5.41) is 8.65. The highest BCUT2D eigenvalue weighted by molar-refractivity contribution is 8.00. The van der Waals surface area contributed by atoms with Gasteiger partial charge in [0.25, 0.3) is 0 Å². The summed E-state index contributed by atoms with van der Waals surface area (Å²) in [5.41, 5.74) is -0.572.